The standard InChI is InChI=1S/C36H38N4O2/c1-3-4-23-40-34(35(30-11-7-5-8-12-30)38-36(40)31-13-9-6-10-14-31)26-39(25-29-17-21-33(42)22-18-29)24-28-15-19-32(20-16-28)37-27(2)41/h5-22,42H,3-4,23-26H2,1-2H3,(H,37,41). The zero-order valence-electron chi connectivity index (χ0n) is 24.3. The lowest BCUT2D eigenvalue weighted by molar-refractivity contribution is -0.114. The molecule has 0 aliphatic heterocycles. The number of anilines is 1. The Morgan fingerprint density at radius 3 is 1.93 bits per heavy atom. The number of aromatic hydroxyl groups is 1. The van der Waals surface area contributed by atoms with Crippen LogP contribution in [-0.4, -0.2) is 25.5 Å². The molecule has 0 atom stereocenters. The van der Waals surface area contributed by atoms with Gasteiger partial charge in [-0.1, -0.05) is 98.3 Å². The van der Waals surface area contributed by atoms with E-state index in [-0.39, 0.29) is 11.7 Å². The van der Waals surface area contributed by atoms with Gasteiger partial charge in [-0.25, -0.2) is 4.98 Å². The largest absolute Gasteiger partial charge is 0.508 e. The Kier molecular flexibility index (Phi) is 9.47. The molecule has 0 saturated carbocycles. The smallest absolute Gasteiger partial charge is 0.221 e. The molecule has 4 aromatic carbocycles. The third-order valence-corrected chi connectivity index (χ3v) is 7.28. The fraction of sp³-hybridized carbons (Fsp3) is 0.222. The van der Waals surface area contributed by atoms with Crippen LogP contribution in [0.25, 0.3) is 22.6 Å². The maximum absolute atomic E-state index is 11.5. The van der Waals surface area contributed by atoms with Crippen molar-refractivity contribution in [2.75, 3.05) is 5.32 Å². The first kappa shape index (κ1) is 28.8. The minimum atomic E-state index is -0.0836. The predicted molar refractivity (Wildman–Crippen MR) is 170 cm³/mol. The SMILES string of the molecule is CCCCn1c(-c2ccccc2)nc(-c2ccccc2)c1CN(Cc1ccc(O)cc1)Cc1ccc(NC(C)=O)cc1. The van der Waals surface area contributed by atoms with Gasteiger partial charge in [0.05, 0.1) is 11.4 Å². The highest BCUT2D eigenvalue weighted by molar-refractivity contribution is 5.88. The molecular formula is C36H38N4O2. The van der Waals surface area contributed by atoms with Gasteiger partial charge in [0.1, 0.15) is 11.6 Å². The van der Waals surface area contributed by atoms with Gasteiger partial charge in [-0.05, 0) is 41.8 Å². The summed E-state index contributed by atoms with van der Waals surface area (Å²) in [6.45, 7) is 6.70. The average molecular weight is 559 g/mol. The van der Waals surface area contributed by atoms with Crippen LogP contribution in [0.5, 0.6) is 5.75 Å². The van der Waals surface area contributed by atoms with Crippen molar-refractivity contribution in [1.82, 2.24) is 14.5 Å². The van der Waals surface area contributed by atoms with Gasteiger partial charge in [0.15, 0.2) is 0 Å². The van der Waals surface area contributed by atoms with E-state index >= 15 is 0 Å². The second kappa shape index (κ2) is 13.8. The number of carbonyl (C=O) groups excluding carboxylic acids is 1. The van der Waals surface area contributed by atoms with E-state index in [1.54, 1.807) is 12.1 Å². The molecule has 42 heavy (non-hydrogen) atoms. The zero-order chi connectivity index (χ0) is 29.3. The van der Waals surface area contributed by atoms with Crippen molar-refractivity contribution in [2.24, 2.45) is 0 Å². The fourth-order valence-corrected chi connectivity index (χ4v) is 5.23. The monoisotopic (exact) mass is 558 g/mol. The average Bonchev–Trinajstić information content (AvgIpc) is 3.36. The van der Waals surface area contributed by atoms with Gasteiger partial charge in [0, 0.05) is 49.9 Å². The Morgan fingerprint density at radius 1 is 0.786 bits per heavy atom. The first-order chi connectivity index (χ1) is 20.5. The highest BCUT2D eigenvalue weighted by Gasteiger charge is 2.22. The molecule has 0 spiro atoms. The maximum atomic E-state index is 11.5. The maximum Gasteiger partial charge on any atom is 0.221 e. The number of hydrogen-bond donors (Lipinski definition) is 2. The molecule has 0 radical (unpaired) electrons. The summed E-state index contributed by atoms with van der Waals surface area (Å²) in [5.74, 6) is 1.16. The normalized spacial score (nSPS) is 11.1. The number of aromatic nitrogens is 2. The first-order valence-corrected chi connectivity index (χ1v) is 14.6. The van der Waals surface area contributed by atoms with E-state index < -0.39 is 0 Å². The van der Waals surface area contributed by atoms with Crippen LogP contribution < -0.4 is 5.32 Å². The van der Waals surface area contributed by atoms with Gasteiger partial charge < -0.3 is 15.0 Å². The number of phenolic OH excluding ortho intramolecular Hbond substituents is 1. The molecular weight excluding hydrogens is 520 g/mol. The molecule has 6 heteroatoms. The number of benzene rings is 4. The fourth-order valence-electron chi connectivity index (χ4n) is 5.23. The van der Waals surface area contributed by atoms with Gasteiger partial charge in [-0.2, -0.15) is 0 Å². The highest BCUT2D eigenvalue weighted by Crippen LogP contribution is 2.32. The molecule has 0 aliphatic carbocycles. The van der Waals surface area contributed by atoms with Crippen LogP contribution in [0, 0.1) is 0 Å². The van der Waals surface area contributed by atoms with Crippen LogP contribution in [0.1, 0.15) is 43.5 Å². The zero-order valence-corrected chi connectivity index (χ0v) is 24.3. The van der Waals surface area contributed by atoms with Crippen molar-refractivity contribution < 1.29 is 9.90 Å². The molecule has 1 aromatic heterocycles. The third kappa shape index (κ3) is 7.33. The van der Waals surface area contributed by atoms with Crippen molar-refractivity contribution in [3.8, 4) is 28.4 Å². The van der Waals surface area contributed by atoms with Gasteiger partial charge >= 0.3 is 0 Å². The minimum absolute atomic E-state index is 0.0836. The van der Waals surface area contributed by atoms with Crippen LogP contribution in [0.15, 0.2) is 109 Å². The van der Waals surface area contributed by atoms with Crippen molar-refractivity contribution in [3.05, 3.63) is 126 Å². The molecule has 214 valence electrons. The van der Waals surface area contributed by atoms with E-state index in [0.717, 1.165) is 58.8 Å². The van der Waals surface area contributed by atoms with Gasteiger partial charge in [-0.15, -0.1) is 0 Å². The molecule has 0 bridgehead atoms. The van der Waals surface area contributed by atoms with Crippen LogP contribution in [-0.2, 0) is 31.0 Å². The van der Waals surface area contributed by atoms with Crippen LogP contribution in [0.2, 0.25) is 0 Å². The van der Waals surface area contributed by atoms with E-state index in [1.807, 2.05) is 36.4 Å². The van der Waals surface area contributed by atoms with Crippen LogP contribution in [0.4, 0.5) is 5.69 Å². The first-order valence-electron chi connectivity index (χ1n) is 14.6. The van der Waals surface area contributed by atoms with Gasteiger partial charge in [0.2, 0.25) is 5.91 Å². The Morgan fingerprint density at radius 2 is 1.36 bits per heavy atom. The summed E-state index contributed by atoms with van der Waals surface area (Å²) < 4.78 is 2.41. The molecule has 0 unspecified atom stereocenters. The van der Waals surface area contributed by atoms with E-state index in [9.17, 15) is 9.90 Å². The lowest BCUT2D eigenvalue weighted by Gasteiger charge is -2.25. The third-order valence-electron chi connectivity index (χ3n) is 7.28. The minimum Gasteiger partial charge on any atom is -0.508 e. The Balaban J connectivity index is 1.57. The lowest BCUT2D eigenvalue weighted by atomic mass is 10.1. The summed E-state index contributed by atoms with van der Waals surface area (Å²) in [6.07, 6.45) is 2.14. The van der Waals surface area contributed by atoms with E-state index in [0.29, 0.717) is 19.6 Å². The molecule has 0 aliphatic rings. The van der Waals surface area contributed by atoms with Crippen molar-refractivity contribution in [2.45, 2.75) is 52.9 Å². The number of hydrogen-bond acceptors (Lipinski definition) is 4. The number of phenols is 1. The predicted octanol–water partition coefficient (Wildman–Crippen LogP) is 7.88. The topological polar surface area (TPSA) is 70.4 Å². The Hall–Kier alpha value is -4.68. The molecule has 0 saturated heterocycles. The van der Waals surface area contributed by atoms with Gasteiger partial charge in [-0.3, -0.25) is 9.69 Å². The number of rotatable bonds is 12. The quantitative estimate of drug-likeness (QED) is 0.163. The lowest BCUT2D eigenvalue weighted by Crippen LogP contribution is -2.24. The van der Waals surface area contributed by atoms with E-state index in [1.165, 1.54) is 12.6 Å². The molecule has 5 rings (SSSR count). The highest BCUT2D eigenvalue weighted by atomic mass is 16.3. The Bertz CT molecular complexity index is 1580. The second-order valence-corrected chi connectivity index (χ2v) is 10.7. The van der Waals surface area contributed by atoms with E-state index in [2.05, 4.69) is 82.4 Å². The molecule has 2 N–H and O–H groups in total. The summed E-state index contributed by atoms with van der Waals surface area (Å²) in [5, 5.41) is 12.7. The summed E-state index contributed by atoms with van der Waals surface area (Å²) in [7, 11) is 0. The van der Waals surface area contributed by atoms with Gasteiger partial charge in [0.25, 0.3) is 0 Å². The summed E-state index contributed by atoms with van der Waals surface area (Å²) in [5.41, 5.74) is 7.44. The van der Waals surface area contributed by atoms with Crippen molar-refractivity contribution in [3.63, 3.8) is 0 Å². The van der Waals surface area contributed by atoms with Crippen molar-refractivity contribution >= 4 is 11.6 Å². The molecule has 1 heterocycles. The number of nitrogens with one attached hydrogen (secondary N) is 1. The summed E-state index contributed by atoms with van der Waals surface area (Å²) in [4.78, 5) is 19.2. The summed E-state index contributed by atoms with van der Waals surface area (Å²) in [6, 6.07) is 36.3. The van der Waals surface area contributed by atoms with Crippen molar-refractivity contribution in [1.29, 1.82) is 0 Å². The molecule has 5 aromatic rings. The second-order valence-electron chi connectivity index (χ2n) is 10.7. The van der Waals surface area contributed by atoms with E-state index in [4.69, 9.17) is 4.98 Å². The van der Waals surface area contributed by atoms with Crippen LogP contribution >= 0.6 is 0 Å². The molecule has 0 fully saturated rings. The summed E-state index contributed by atoms with van der Waals surface area (Å²) >= 11 is 0. The number of unbranched alkanes of at least 4 members (excludes halogenated alkanes) is 1. The molecule has 1 amide bonds. The van der Waals surface area contributed by atoms with Crippen LogP contribution in [0.3, 0.4) is 0 Å². The Labute approximate surface area is 248 Å². The number of amides is 1. The number of nitrogens with zero attached hydrogens (tertiary/aromatic N) is 3. The number of carbonyl (C=O) groups is 1. The number of imidazole rings is 1. The molecule has 6 nitrogen and oxygen atoms in total.